The van der Waals surface area contributed by atoms with Crippen molar-refractivity contribution >= 4 is 22.9 Å². The highest BCUT2D eigenvalue weighted by Gasteiger charge is 2.24. The van der Waals surface area contributed by atoms with Crippen molar-refractivity contribution in [3.8, 4) is 11.1 Å². The summed E-state index contributed by atoms with van der Waals surface area (Å²) in [6.07, 6.45) is 6.99. The fourth-order valence-corrected chi connectivity index (χ4v) is 3.55. The largest absolute Gasteiger partial charge is 0.361 e. The Hall–Kier alpha value is -2.81. The summed E-state index contributed by atoms with van der Waals surface area (Å²) in [5.74, 6) is 0.0824. The summed E-state index contributed by atoms with van der Waals surface area (Å²) in [6, 6.07) is 13.4. The van der Waals surface area contributed by atoms with Gasteiger partial charge in [-0.1, -0.05) is 25.1 Å². The number of hydrogen-bond acceptors (Lipinski definition) is 1. The minimum atomic E-state index is 0.0824. The van der Waals surface area contributed by atoms with Crippen LogP contribution in [0.5, 0.6) is 0 Å². The van der Waals surface area contributed by atoms with Gasteiger partial charge in [-0.3, -0.25) is 4.79 Å². The van der Waals surface area contributed by atoms with E-state index < -0.39 is 0 Å². The Labute approximate surface area is 160 Å². The molecule has 1 saturated carbocycles. The SMILES string of the molecule is CC/C(=C\c1cc(C)c(-c2ccc3[nH]ccc3c2)cc1C)C(=O)NC1CC1. The van der Waals surface area contributed by atoms with Gasteiger partial charge < -0.3 is 10.3 Å². The maximum Gasteiger partial charge on any atom is 0.247 e. The van der Waals surface area contributed by atoms with Crippen molar-refractivity contribution in [1.29, 1.82) is 0 Å². The average Bonchev–Trinajstić information content (AvgIpc) is 3.34. The molecular formula is C24H26N2O. The summed E-state index contributed by atoms with van der Waals surface area (Å²) in [6.45, 7) is 6.31. The van der Waals surface area contributed by atoms with E-state index in [0.29, 0.717) is 6.04 Å². The molecule has 1 aliphatic rings. The van der Waals surface area contributed by atoms with Crippen molar-refractivity contribution in [1.82, 2.24) is 10.3 Å². The molecule has 1 heterocycles. The van der Waals surface area contributed by atoms with Gasteiger partial charge in [0.1, 0.15) is 0 Å². The predicted molar refractivity (Wildman–Crippen MR) is 113 cm³/mol. The number of hydrogen-bond donors (Lipinski definition) is 2. The molecule has 1 fully saturated rings. The van der Waals surface area contributed by atoms with Crippen LogP contribution >= 0.6 is 0 Å². The highest BCUT2D eigenvalue weighted by molar-refractivity contribution is 5.98. The van der Waals surface area contributed by atoms with Crippen LogP contribution < -0.4 is 5.32 Å². The number of aryl methyl sites for hydroxylation is 2. The van der Waals surface area contributed by atoms with Crippen molar-refractivity contribution in [2.75, 3.05) is 0 Å². The van der Waals surface area contributed by atoms with E-state index in [1.165, 1.54) is 27.6 Å². The number of rotatable bonds is 5. The zero-order chi connectivity index (χ0) is 19.0. The van der Waals surface area contributed by atoms with Crippen LogP contribution in [0.15, 0.2) is 48.2 Å². The monoisotopic (exact) mass is 358 g/mol. The molecule has 0 unspecified atom stereocenters. The number of carbonyl (C=O) groups excluding carboxylic acids is 1. The van der Waals surface area contributed by atoms with Gasteiger partial charge in [-0.15, -0.1) is 0 Å². The molecule has 1 amide bonds. The van der Waals surface area contributed by atoms with Crippen LogP contribution in [-0.2, 0) is 4.79 Å². The number of benzene rings is 2. The standard InChI is InChI=1S/C24H26N2O/c1-4-17(24(27)26-21-6-7-21)13-20-11-16(3)22(12-15(20)2)18-5-8-23-19(14-18)9-10-25-23/h5,8-14,21,25H,4,6-7H2,1-3H3,(H,26,27)/b17-13+. The second-order valence-electron chi connectivity index (χ2n) is 7.57. The molecule has 0 aliphatic heterocycles. The smallest absolute Gasteiger partial charge is 0.247 e. The first-order valence-electron chi connectivity index (χ1n) is 9.75. The van der Waals surface area contributed by atoms with Crippen molar-refractivity contribution in [2.45, 2.75) is 46.1 Å². The van der Waals surface area contributed by atoms with Gasteiger partial charge in [-0.2, -0.15) is 0 Å². The zero-order valence-corrected chi connectivity index (χ0v) is 16.2. The molecule has 138 valence electrons. The number of H-pyrrole nitrogens is 1. The van der Waals surface area contributed by atoms with Crippen LogP contribution in [0.25, 0.3) is 28.1 Å². The number of fused-ring (bicyclic) bond motifs is 1. The number of nitrogens with one attached hydrogen (secondary N) is 2. The third-order valence-corrected chi connectivity index (χ3v) is 5.39. The maximum absolute atomic E-state index is 12.4. The van der Waals surface area contributed by atoms with Crippen LogP contribution in [0.4, 0.5) is 0 Å². The number of aromatic nitrogens is 1. The van der Waals surface area contributed by atoms with Crippen LogP contribution in [0.2, 0.25) is 0 Å². The number of aromatic amines is 1. The van der Waals surface area contributed by atoms with E-state index >= 15 is 0 Å². The molecule has 2 aromatic carbocycles. The molecule has 3 nitrogen and oxygen atoms in total. The minimum absolute atomic E-state index is 0.0824. The lowest BCUT2D eigenvalue weighted by atomic mass is 9.93. The van der Waals surface area contributed by atoms with E-state index in [0.717, 1.165) is 35.9 Å². The van der Waals surface area contributed by atoms with Crippen molar-refractivity contribution in [2.24, 2.45) is 0 Å². The molecule has 0 bridgehead atoms. The third-order valence-electron chi connectivity index (χ3n) is 5.39. The lowest BCUT2D eigenvalue weighted by Crippen LogP contribution is -2.26. The summed E-state index contributed by atoms with van der Waals surface area (Å²) < 4.78 is 0. The molecule has 0 spiro atoms. The van der Waals surface area contributed by atoms with E-state index in [1.807, 2.05) is 13.1 Å². The second kappa shape index (κ2) is 7.07. The van der Waals surface area contributed by atoms with E-state index in [-0.39, 0.29) is 5.91 Å². The molecule has 3 aromatic rings. The highest BCUT2D eigenvalue weighted by Crippen LogP contribution is 2.30. The highest BCUT2D eigenvalue weighted by atomic mass is 16.1. The van der Waals surface area contributed by atoms with Crippen LogP contribution in [0.1, 0.15) is 42.9 Å². The Balaban J connectivity index is 1.68. The van der Waals surface area contributed by atoms with Crippen molar-refractivity contribution in [3.63, 3.8) is 0 Å². The lowest BCUT2D eigenvalue weighted by Gasteiger charge is -2.12. The van der Waals surface area contributed by atoms with Crippen molar-refractivity contribution in [3.05, 3.63) is 64.9 Å². The minimum Gasteiger partial charge on any atom is -0.361 e. The molecular weight excluding hydrogens is 332 g/mol. The van der Waals surface area contributed by atoms with E-state index in [2.05, 4.69) is 66.6 Å². The number of amides is 1. The maximum atomic E-state index is 12.4. The van der Waals surface area contributed by atoms with Gasteiger partial charge in [-0.05, 0) is 90.6 Å². The van der Waals surface area contributed by atoms with E-state index in [4.69, 9.17) is 0 Å². The molecule has 1 aliphatic carbocycles. The van der Waals surface area contributed by atoms with Gasteiger partial charge >= 0.3 is 0 Å². The lowest BCUT2D eigenvalue weighted by molar-refractivity contribution is -0.117. The molecule has 4 rings (SSSR count). The normalized spacial score (nSPS) is 14.6. The summed E-state index contributed by atoms with van der Waals surface area (Å²) in [4.78, 5) is 15.7. The van der Waals surface area contributed by atoms with Crippen molar-refractivity contribution < 1.29 is 4.79 Å². The van der Waals surface area contributed by atoms with E-state index in [1.54, 1.807) is 0 Å². The fourth-order valence-electron chi connectivity index (χ4n) is 3.55. The Bertz CT molecular complexity index is 1040. The Morgan fingerprint density at radius 1 is 1.15 bits per heavy atom. The summed E-state index contributed by atoms with van der Waals surface area (Å²) in [7, 11) is 0. The molecule has 0 radical (unpaired) electrons. The average molecular weight is 358 g/mol. The zero-order valence-electron chi connectivity index (χ0n) is 16.2. The van der Waals surface area contributed by atoms with Gasteiger partial charge in [0.15, 0.2) is 0 Å². The van der Waals surface area contributed by atoms with Gasteiger partial charge in [0, 0.05) is 23.3 Å². The van der Waals surface area contributed by atoms with Crippen LogP contribution in [0.3, 0.4) is 0 Å². The van der Waals surface area contributed by atoms with E-state index in [9.17, 15) is 4.79 Å². The number of carbonyl (C=O) groups is 1. The fraction of sp³-hybridized carbons (Fsp3) is 0.292. The summed E-state index contributed by atoms with van der Waals surface area (Å²) >= 11 is 0. The van der Waals surface area contributed by atoms with Gasteiger partial charge in [0.05, 0.1) is 0 Å². The first kappa shape index (κ1) is 17.6. The van der Waals surface area contributed by atoms with Gasteiger partial charge in [-0.25, -0.2) is 0 Å². The van der Waals surface area contributed by atoms with Gasteiger partial charge in [0.25, 0.3) is 0 Å². The van der Waals surface area contributed by atoms with Crippen LogP contribution in [-0.4, -0.2) is 16.9 Å². The molecule has 1 aromatic heterocycles. The molecule has 2 N–H and O–H groups in total. The quantitative estimate of drug-likeness (QED) is 0.579. The third kappa shape index (κ3) is 3.68. The molecule has 27 heavy (non-hydrogen) atoms. The molecule has 0 saturated heterocycles. The predicted octanol–water partition coefficient (Wildman–Crippen LogP) is 5.52. The Morgan fingerprint density at radius 3 is 2.70 bits per heavy atom. The van der Waals surface area contributed by atoms with Crippen LogP contribution in [0, 0.1) is 13.8 Å². The Kier molecular flexibility index (Phi) is 4.61. The molecule has 3 heteroatoms. The first-order valence-corrected chi connectivity index (χ1v) is 9.75. The van der Waals surface area contributed by atoms with Gasteiger partial charge in [0.2, 0.25) is 5.91 Å². The second-order valence-corrected chi connectivity index (χ2v) is 7.57. The Morgan fingerprint density at radius 2 is 1.96 bits per heavy atom. The first-order chi connectivity index (χ1) is 13.0. The topological polar surface area (TPSA) is 44.9 Å². The summed E-state index contributed by atoms with van der Waals surface area (Å²) in [5.41, 5.74) is 8.01. The molecule has 0 atom stereocenters. The summed E-state index contributed by atoms with van der Waals surface area (Å²) in [5, 5.41) is 4.32.